The molecule has 0 saturated heterocycles. The third-order valence-corrected chi connectivity index (χ3v) is 5.12. The number of carbonyl (C=O) groups excluding carboxylic acids is 1. The monoisotopic (exact) mass is 315 g/mol. The summed E-state index contributed by atoms with van der Waals surface area (Å²) in [5.41, 5.74) is 2.31. The summed E-state index contributed by atoms with van der Waals surface area (Å²) in [5, 5.41) is 3.65. The number of carbonyl (C=O) groups is 1. The molecule has 1 N–H and O–H groups in total. The molecule has 0 aliphatic heterocycles. The van der Waals surface area contributed by atoms with Crippen LogP contribution in [-0.4, -0.2) is 18.4 Å². The molecule has 0 spiro atoms. The zero-order chi connectivity index (χ0) is 16.5. The van der Waals surface area contributed by atoms with Crippen LogP contribution in [0.1, 0.15) is 93.5 Å². The van der Waals surface area contributed by atoms with Gasteiger partial charge in [-0.2, -0.15) is 0 Å². The third-order valence-electron chi connectivity index (χ3n) is 5.12. The third kappa shape index (κ3) is 5.76. The van der Waals surface area contributed by atoms with Crippen molar-refractivity contribution in [3.63, 3.8) is 0 Å². The van der Waals surface area contributed by atoms with Crippen molar-refractivity contribution in [3.05, 3.63) is 35.4 Å². The van der Waals surface area contributed by atoms with E-state index in [1.807, 2.05) is 12.1 Å². The second-order valence-corrected chi connectivity index (χ2v) is 7.00. The van der Waals surface area contributed by atoms with E-state index in [4.69, 9.17) is 0 Å². The van der Waals surface area contributed by atoms with Gasteiger partial charge in [-0.15, -0.1) is 0 Å². The highest BCUT2D eigenvalue weighted by Crippen LogP contribution is 2.33. The van der Waals surface area contributed by atoms with Crippen molar-refractivity contribution in [3.8, 4) is 0 Å². The second-order valence-electron chi connectivity index (χ2n) is 7.00. The minimum atomic E-state index is 0.303. The quantitative estimate of drug-likeness (QED) is 0.483. The van der Waals surface area contributed by atoms with Crippen LogP contribution >= 0.6 is 0 Å². The molecule has 0 amide bonds. The molecule has 23 heavy (non-hydrogen) atoms. The average Bonchev–Trinajstić information content (AvgIpc) is 2.61. The van der Waals surface area contributed by atoms with Crippen LogP contribution in [0, 0.1) is 0 Å². The maximum absolute atomic E-state index is 12.1. The van der Waals surface area contributed by atoms with Crippen LogP contribution in [0.5, 0.6) is 0 Å². The zero-order valence-electron chi connectivity index (χ0n) is 14.9. The highest BCUT2D eigenvalue weighted by atomic mass is 16.1. The molecule has 0 aromatic heterocycles. The van der Waals surface area contributed by atoms with Gasteiger partial charge in [-0.05, 0) is 56.6 Å². The molecular weight excluding hydrogens is 282 g/mol. The summed E-state index contributed by atoms with van der Waals surface area (Å²) in [6, 6.07) is 9.19. The number of ketones is 1. The average molecular weight is 316 g/mol. The summed E-state index contributed by atoms with van der Waals surface area (Å²) in [7, 11) is 0. The van der Waals surface area contributed by atoms with Gasteiger partial charge in [-0.3, -0.25) is 4.79 Å². The Morgan fingerprint density at radius 1 is 1.00 bits per heavy atom. The van der Waals surface area contributed by atoms with Gasteiger partial charge < -0.3 is 5.32 Å². The number of rotatable bonds is 9. The Hall–Kier alpha value is -1.15. The van der Waals surface area contributed by atoms with E-state index in [-0.39, 0.29) is 0 Å². The molecule has 1 saturated carbocycles. The maximum atomic E-state index is 12.1. The lowest BCUT2D eigenvalue weighted by molar-refractivity contribution is 0.0979. The van der Waals surface area contributed by atoms with Crippen molar-refractivity contribution in [2.45, 2.75) is 83.6 Å². The van der Waals surface area contributed by atoms with Crippen molar-refractivity contribution in [1.29, 1.82) is 0 Å². The highest BCUT2D eigenvalue weighted by Gasteiger charge is 2.21. The van der Waals surface area contributed by atoms with Crippen LogP contribution in [0.15, 0.2) is 24.3 Å². The smallest absolute Gasteiger partial charge is 0.162 e. The predicted octanol–water partition coefficient (Wildman–Crippen LogP) is 5.48. The van der Waals surface area contributed by atoms with Crippen LogP contribution in [0.2, 0.25) is 0 Å². The molecule has 0 radical (unpaired) electrons. The van der Waals surface area contributed by atoms with Gasteiger partial charge in [-0.1, -0.05) is 51.0 Å². The van der Waals surface area contributed by atoms with E-state index >= 15 is 0 Å². The van der Waals surface area contributed by atoms with E-state index in [0.717, 1.165) is 24.9 Å². The summed E-state index contributed by atoms with van der Waals surface area (Å²) in [4.78, 5) is 12.1. The second kappa shape index (κ2) is 9.87. The summed E-state index contributed by atoms with van der Waals surface area (Å²) >= 11 is 0. The molecule has 0 atom stereocenters. The molecule has 1 aliphatic rings. The standard InChI is InChI=1S/C21H33NO/c1-3-5-6-7-21(23)19-10-8-17(9-11-19)18-12-14-20(15-13-18)22-16-4-2/h8-11,18,20,22H,3-7,12-16H2,1-2H3. The minimum absolute atomic E-state index is 0.303. The van der Waals surface area contributed by atoms with Crippen LogP contribution in [0.4, 0.5) is 0 Å². The molecule has 0 unspecified atom stereocenters. The molecule has 1 aromatic rings. The van der Waals surface area contributed by atoms with Crippen molar-refractivity contribution in [1.82, 2.24) is 5.32 Å². The Kier molecular flexibility index (Phi) is 7.81. The summed E-state index contributed by atoms with van der Waals surface area (Å²) in [6.45, 7) is 5.54. The van der Waals surface area contributed by atoms with Gasteiger partial charge >= 0.3 is 0 Å². The lowest BCUT2D eigenvalue weighted by Crippen LogP contribution is -2.33. The summed E-state index contributed by atoms with van der Waals surface area (Å²) < 4.78 is 0. The van der Waals surface area contributed by atoms with Crippen LogP contribution in [0.25, 0.3) is 0 Å². The molecular formula is C21H33NO. The van der Waals surface area contributed by atoms with E-state index in [1.54, 1.807) is 0 Å². The molecule has 1 aliphatic carbocycles. The molecule has 0 heterocycles. The van der Waals surface area contributed by atoms with Crippen LogP contribution in [0.3, 0.4) is 0 Å². The largest absolute Gasteiger partial charge is 0.314 e. The van der Waals surface area contributed by atoms with Gasteiger partial charge in [0.2, 0.25) is 0 Å². The molecule has 2 heteroatoms. The van der Waals surface area contributed by atoms with E-state index in [0.29, 0.717) is 24.2 Å². The number of nitrogens with one attached hydrogen (secondary N) is 1. The van der Waals surface area contributed by atoms with Crippen molar-refractivity contribution in [2.24, 2.45) is 0 Å². The van der Waals surface area contributed by atoms with Crippen LogP contribution < -0.4 is 5.32 Å². The van der Waals surface area contributed by atoms with Gasteiger partial charge in [0.1, 0.15) is 0 Å². The number of unbranched alkanes of at least 4 members (excludes halogenated alkanes) is 2. The van der Waals surface area contributed by atoms with Crippen molar-refractivity contribution < 1.29 is 4.79 Å². The SMILES string of the molecule is CCCCCC(=O)c1ccc(C2CCC(NCCC)CC2)cc1. The molecule has 1 fully saturated rings. The Balaban J connectivity index is 1.82. The first-order valence-electron chi connectivity index (χ1n) is 9.61. The zero-order valence-corrected chi connectivity index (χ0v) is 14.9. The summed E-state index contributed by atoms with van der Waals surface area (Å²) in [6.07, 6.45) is 10.4. The lowest BCUT2D eigenvalue weighted by Gasteiger charge is -2.29. The highest BCUT2D eigenvalue weighted by molar-refractivity contribution is 5.96. The van der Waals surface area contributed by atoms with Crippen LogP contribution in [-0.2, 0) is 0 Å². The molecule has 1 aromatic carbocycles. The van der Waals surface area contributed by atoms with E-state index in [1.165, 1.54) is 44.1 Å². The maximum Gasteiger partial charge on any atom is 0.162 e. The number of hydrogen-bond acceptors (Lipinski definition) is 2. The fourth-order valence-electron chi connectivity index (χ4n) is 3.60. The first-order valence-corrected chi connectivity index (χ1v) is 9.61. The Morgan fingerprint density at radius 2 is 1.70 bits per heavy atom. The molecule has 2 nitrogen and oxygen atoms in total. The number of hydrogen-bond donors (Lipinski definition) is 1. The first-order chi connectivity index (χ1) is 11.2. The summed E-state index contributed by atoms with van der Waals surface area (Å²) in [5.74, 6) is 0.983. The van der Waals surface area contributed by atoms with Gasteiger partial charge in [-0.25, -0.2) is 0 Å². The number of benzene rings is 1. The fourth-order valence-corrected chi connectivity index (χ4v) is 3.60. The Bertz CT molecular complexity index is 457. The minimum Gasteiger partial charge on any atom is -0.314 e. The Morgan fingerprint density at radius 3 is 2.30 bits per heavy atom. The van der Waals surface area contributed by atoms with E-state index in [9.17, 15) is 4.79 Å². The molecule has 2 rings (SSSR count). The van der Waals surface area contributed by atoms with Gasteiger partial charge in [0, 0.05) is 18.0 Å². The topological polar surface area (TPSA) is 29.1 Å². The normalized spacial score (nSPS) is 21.3. The van der Waals surface area contributed by atoms with Gasteiger partial charge in [0.25, 0.3) is 0 Å². The van der Waals surface area contributed by atoms with Crippen molar-refractivity contribution in [2.75, 3.05) is 6.54 Å². The van der Waals surface area contributed by atoms with E-state index in [2.05, 4.69) is 31.3 Å². The van der Waals surface area contributed by atoms with Crippen molar-refractivity contribution >= 4 is 5.78 Å². The predicted molar refractivity (Wildman–Crippen MR) is 98.2 cm³/mol. The first kappa shape index (κ1) is 18.2. The van der Waals surface area contributed by atoms with Gasteiger partial charge in [0.05, 0.1) is 0 Å². The molecule has 128 valence electrons. The van der Waals surface area contributed by atoms with E-state index < -0.39 is 0 Å². The molecule has 0 bridgehead atoms. The fraction of sp³-hybridized carbons (Fsp3) is 0.667. The number of Topliss-reactive ketones (excluding diaryl/α,β-unsaturated/α-hetero) is 1. The van der Waals surface area contributed by atoms with Gasteiger partial charge in [0.15, 0.2) is 5.78 Å². The lowest BCUT2D eigenvalue weighted by atomic mass is 9.81. The Labute approximate surface area is 142 Å².